The Morgan fingerprint density at radius 2 is 1.10 bits per heavy atom. The van der Waals surface area contributed by atoms with Gasteiger partial charge in [-0.2, -0.15) is 0 Å². The van der Waals surface area contributed by atoms with Crippen LogP contribution in [0.15, 0.2) is 114 Å². The molecule has 9 rings (SSSR count). The molecule has 1 aliphatic heterocycles. The molecule has 0 radical (unpaired) electrons. The summed E-state index contributed by atoms with van der Waals surface area (Å²) in [6.07, 6.45) is 2.23. The number of nitrogens with zero attached hydrogens (tertiary/aromatic N) is 3. The van der Waals surface area contributed by atoms with Gasteiger partial charge in [-0.25, -0.2) is 15.0 Å². The van der Waals surface area contributed by atoms with Crippen molar-refractivity contribution >= 4 is 21.9 Å². The smallest absolute Gasteiger partial charge is 0.178 e. The molecule has 0 amide bonds. The number of benzene rings is 5. The van der Waals surface area contributed by atoms with Crippen molar-refractivity contribution in [2.45, 2.75) is 39.5 Å². The summed E-state index contributed by atoms with van der Waals surface area (Å²) in [5.74, 6) is 6.96. The van der Waals surface area contributed by atoms with Crippen LogP contribution in [0.25, 0.3) is 55.8 Å². The van der Waals surface area contributed by atoms with Gasteiger partial charge in [0.1, 0.15) is 17.0 Å². The number of para-hydroxylation sites is 5. The highest BCUT2D eigenvalue weighted by molar-refractivity contribution is 6.13. The lowest BCUT2D eigenvalue weighted by molar-refractivity contribution is 0.185. The second kappa shape index (κ2) is 11.3. The van der Waals surface area contributed by atoms with E-state index in [1.165, 1.54) is 6.42 Å². The van der Waals surface area contributed by atoms with E-state index >= 15 is 0 Å². The minimum absolute atomic E-state index is 0.262. The van der Waals surface area contributed by atoms with Crippen LogP contribution in [0.4, 0.5) is 0 Å². The minimum atomic E-state index is 0.262. The molecule has 0 bridgehead atoms. The van der Waals surface area contributed by atoms with Crippen LogP contribution in [0, 0.1) is 17.8 Å². The lowest BCUT2D eigenvalue weighted by Crippen LogP contribution is -2.27. The van der Waals surface area contributed by atoms with Gasteiger partial charge < -0.3 is 13.9 Å². The van der Waals surface area contributed by atoms with E-state index in [0.717, 1.165) is 56.4 Å². The Kier molecular flexibility index (Phi) is 6.78. The summed E-state index contributed by atoms with van der Waals surface area (Å²) in [6, 6.07) is 36.4. The van der Waals surface area contributed by atoms with E-state index in [2.05, 4.69) is 75.4 Å². The molecule has 236 valence electrons. The van der Waals surface area contributed by atoms with E-state index in [1.54, 1.807) is 0 Å². The van der Waals surface area contributed by atoms with Gasteiger partial charge in [0.05, 0.1) is 5.56 Å². The number of ether oxygens (including phenoxy) is 2. The monoisotopic (exact) mass is 629 g/mol. The van der Waals surface area contributed by atoms with E-state index in [4.69, 9.17) is 28.8 Å². The maximum atomic E-state index is 6.87. The molecule has 6 nitrogen and oxygen atoms in total. The normalized spacial score (nSPS) is 20.1. The Labute approximate surface area is 279 Å². The molecule has 6 heteroatoms. The van der Waals surface area contributed by atoms with Gasteiger partial charge in [-0.15, -0.1) is 0 Å². The Morgan fingerprint density at radius 3 is 1.90 bits per heavy atom. The summed E-state index contributed by atoms with van der Waals surface area (Å²) in [7, 11) is 0. The number of furan rings is 1. The van der Waals surface area contributed by atoms with Gasteiger partial charge in [-0.05, 0) is 54.9 Å². The molecular weight excluding hydrogens is 594 g/mol. The van der Waals surface area contributed by atoms with Gasteiger partial charge in [-0.1, -0.05) is 106 Å². The molecule has 4 unspecified atom stereocenters. The van der Waals surface area contributed by atoms with Crippen molar-refractivity contribution in [1.82, 2.24) is 15.0 Å². The summed E-state index contributed by atoms with van der Waals surface area (Å²) in [6.45, 7) is 7.07. The molecular formula is C42H35N3O3. The minimum Gasteiger partial charge on any atom is -0.455 e. The predicted octanol–water partition coefficient (Wildman–Crippen LogP) is 11.5. The van der Waals surface area contributed by atoms with Gasteiger partial charge in [0, 0.05) is 33.4 Å². The van der Waals surface area contributed by atoms with Crippen LogP contribution in [-0.4, -0.2) is 15.0 Å². The fourth-order valence-corrected chi connectivity index (χ4v) is 7.57. The zero-order chi connectivity index (χ0) is 32.4. The molecule has 2 aliphatic rings. The van der Waals surface area contributed by atoms with Crippen molar-refractivity contribution in [2.75, 3.05) is 0 Å². The average Bonchev–Trinajstić information content (AvgIpc) is 3.51. The van der Waals surface area contributed by atoms with Gasteiger partial charge in [0.15, 0.2) is 34.6 Å². The number of fused-ring (bicyclic) bond motifs is 5. The fraction of sp³-hybridized carbons (Fsp3) is 0.214. The van der Waals surface area contributed by atoms with Crippen molar-refractivity contribution < 1.29 is 13.9 Å². The van der Waals surface area contributed by atoms with Crippen LogP contribution >= 0.6 is 0 Å². The lowest BCUT2D eigenvalue weighted by Gasteiger charge is -2.36. The Balaban J connectivity index is 1.21. The zero-order valence-electron chi connectivity index (χ0n) is 27.2. The van der Waals surface area contributed by atoms with E-state index in [-0.39, 0.29) is 5.92 Å². The Bertz CT molecular complexity index is 2330. The number of rotatable bonds is 4. The third-order valence-electron chi connectivity index (χ3n) is 10.4. The highest BCUT2D eigenvalue weighted by Crippen LogP contribution is 2.51. The lowest BCUT2D eigenvalue weighted by atomic mass is 9.70. The second-order valence-electron chi connectivity index (χ2n) is 13.5. The van der Waals surface area contributed by atoms with Crippen LogP contribution in [0.2, 0.25) is 0 Å². The van der Waals surface area contributed by atoms with Crippen molar-refractivity contribution in [3.8, 4) is 56.9 Å². The largest absolute Gasteiger partial charge is 0.455 e. The summed E-state index contributed by atoms with van der Waals surface area (Å²) >= 11 is 0. The molecule has 0 spiro atoms. The van der Waals surface area contributed by atoms with E-state index in [0.29, 0.717) is 52.4 Å². The molecule has 48 heavy (non-hydrogen) atoms. The number of hydrogen-bond acceptors (Lipinski definition) is 6. The molecule has 3 heterocycles. The highest BCUT2D eigenvalue weighted by atomic mass is 16.6. The quantitative estimate of drug-likeness (QED) is 0.193. The standard InChI is InChI=1S/C42H35N3O3/c1-24-22-26(3)33(23-25(24)2)42-44-40(27-12-5-4-6-13-27)43-41(45-42)32-18-10-16-29-28-14-9-15-30(37(28)48-38(29)32)31-17-11-21-36-39(31)47-35-20-8-7-19-34(35)46-36/h4-21,24-26,33H,22-23H2,1-3H3. The molecule has 5 aromatic carbocycles. The SMILES string of the molecule is CC1CC(C)C(c2nc(-c3ccccc3)nc(-c3cccc4c3oc3c(-c5cccc6c5Oc5ccccc5O6)cccc34)n2)CC1C. The van der Waals surface area contributed by atoms with Crippen molar-refractivity contribution in [3.63, 3.8) is 0 Å². The molecule has 2 aromatic heterocycles. The molecule has 4 atom stereocenters. The van der Waals surface area contributed by atoms with Crippen LogP contribution < -0.4 is 9.47 Å². The number of hydrogen-bond donors (Lipinski definition) is 0. The molecule has 0 saturated heterocycles. The van der Waals surface area contributed by atoms with E-state index in [1.807, 2.05) is 54.6 Å². The topological polar surface area (TPSA) is 70.3 Å². The zero-order valence-corrected chi connectivity index (χ0v) is 27.2. The van der Waals surface area contributed by atoms with E-state index in [9.17, 15) is 0 Å². The third kappa shape index (κ3) is 4.74. The van der Waals surface area contributed by atoms with Crippen LogP contribution in [0.1, 0.15) is 45.4 Å². The Hall–Kier alpha value is -5.49. The Morgan fingerprint density at radius 1 is 0.500 bits per heavy atom. The van der Waals surface area contributed by atoms with Gasteiger partial charge in [-0.3, -0.25) is 0 Å². The highest BCUT2D eigenvalue weighted by Gasteiger charge is 2.34. The van der Waals surface area contributed by atoms with Crippen molar-refractivity contribution in [1.29, 1.82) is 0 Å². The first-order valence-electron chi connectivity index (χ1n) is 16.9. The van der Waals surface area contributed by atoms with Crippen LogP contribution in [0.3, 0.4) is 0 Å². The molecule has 7 aromatic rings. The molecule has 0 N–H and O–H groups in total. The first kappa shape index (κ1) is 28.7. The van der Waals surface area contributed by atoms with Crippen molar-refractivity contribution in [3.05, 3.63) is 115 Å². The number of aromatic nitrogens is 3. The van der Waals surface area contributed by atoms with Crippen LogP contribution in [0.5, 0.6) is 23.0 Å². The maximum Gasteiger partial charge on any atom is 0.178 e. The summed E-state index contributed by atoms with van der Waals surface area (Å²) in [5, 5.41) is 2.02. The van der Waals surface area contributed by atoms with E-state index < -0.39 is 0 Å². The maximum absolute atomic E-state index is 6.87. The predicted molar refractivity (Wildman–Crippen MR) is 189 cm³/mol. The fourth-order valence-electron chi connectivity index (χ4n) is 7.57. The van der Waals surface area contributed by atoms with Crippen molar-refractivity contribution in [2.24, 2.45) is 17.8 Å². The van der Waals surface area contributed by atoms with Gasteiger partial charge >= 0.3 is 0 Å². The van der Waals surface area contributed by atoms with Gasteiger partial charge in [0.25, 0.3) is 0 Å². The molecule has 1 fully saturated rings. The molecule has 1 saturated carbocycles. The first-order valence-corrected chi connectivity index (χ1v) is 16.9. The summed E-state index contributed by atoms with van der Waals surface area (Å²) < 4.78 is 19.5. The second-order valence-corrected chi connectivity index (χ2v) is 13.5. The molecule has 1 aliphatic carbocycles. The summed E-state index contributed by atoms with van der Waals surface area (Å²) in [5.41, 5.74) is 5.18. The van der Waals surface area contributed by atoms with Crippen LogP contribution in [-0.2, 0) is 0 Å². The average molecular weight is 630 g/mol. The summed E-state index contributed by atoms with van der Waals surface area (Å²) in [4.78, 5) is 15.4. The first-order chi connectivity index (χ1) is 23.5. The van der Waals surface area contributed by atoms with Gasteiger partial charge in [0.2, 0.25) is 0 Å². The third-order valence-corrected chi connectivity index (χ3v) is 10.4.